The highest BCUT2D eigenvalue weighted by atomic mass is 35.5. The largest absolute Gasteiger partial charge is 0.497 e. The van der Waals surface area contributed by atoms with Crippen LogP contribution in [0.5, 0.6) is 5.75 Å². The Balaban J connectivity index is 2.16. The molecule has 0 saturated carbocycles. The summed E-state index contributed by atoms with van der Waals surface area (Å²) in [7, 11) is 1.66. The molecule has 0 aromatic heterocycles. The predicted octanol–water partition coefficient (Wildman–Crippen LogP) is 5.85. The van der Waals surface area contributed by atoms with Gasteiger partial charge >= 0.3 is 0 Å². The van der Waals surface area contributed by atoms with E-state index in [1.165, 1.54) is 0 Å². The number of hydrogen-bond acceptors (Lipinski definition) is 1. The van der Waals surface area contributed by atoms with Crippen LogP contribution < -0.4 is 4.74 Å². The van der Waals surface area contributed by atoms with E-state index in [1.54, 1.807) is 7.11 Å². The SMILES string of the molecule is COc1ccc(C(Cl)=C(c2ccccc2)c2ccccc2)cc1. The first kappa shape index (κ1) is 15.4. The Hall–Kier alpha value is -2.51. The second kappa shape index (κ2) is 7.17. The molecule has 0 saturated heterocycles. The molecule has 3 aromatic rings. The first-order valence-electron chi connectivity index (χ1n) is 7.44. The predicted molar refractivity (Wildman–Crippen MR) is 97.6 cm³/mol. The lowest BCUT2D eigenvalue weighted by Crippen LogP contribution is -1.91. The monoisotopic (exact) mass is 320 g/mol. The topological polar surface area (TPSA) is 9.23 Å². The molecule has 2 heteroatoms. The summed E-state index contributed by atoms with van der Waals surface area (Å²) in [6, 6.07) is 28.2. The average molecular weight is 321 g/mol. The van der Waals surface area contributed by atoms with E-state index < -0.39 is 0 Å². The Bertz CT molecular complexity index is 749. The maximum Gasteiger partial charge on any atom is 0.118 e. The Labute approximate surface area is 141 Å². The number of ether oxygens (including phenoxy) is 1. The molecule has 114 valence electrons. The van der Waals surface area contributed by atoms with Gasteiger partial charge in [0.05, 0.1) is 12.1 Å². The van der Waals surface area contributed by atoms with Gasteiger partial charge in [0, 0.05) is 5.57 Å². The maximum absolute atomic E-state index is 6.78. The van der Waals surface area contributed by atoms with Crippen LogP contribution in [-0.4, -0.2) is 7.11 Å². The van der Waals surface area contributed by atoms with Gasteiger partial charge < -0.3 is 4.74 Å². The van der Waals surface area contributed by atoms with Crippen molar-refractivity contribution in [2.75, 3.05) is 7.11 Å². The van der Waals surface area contributed by atoms with Gasteiger partial charge in [-0.3, -0.25) is 0 Å². The fourth-order valence-electron chi connectivity index (χ4n) is 2.51. The molecular weight excluding hydrogens is 304 g/mol. The zero-order valence-electron chi connectivity index (χ0n) is 12.9. The molecule has 3 rings (SSSR count). The van der Waals surface area contributed by atoms with Crippen LogP contribution in [0, 0.1) is 0 Å². The van der Waals surface area contributed by atoms with E-state index in [1.807, 2.05) is 60.7 Å². The molecule has 0 aliphatic carbocycles. The minimum absolute atomic E-state index is 0.727. The second-order valence-corrected chi connectivity index (χ2v) is 5.53. The molecule has 0 N–H and O–H groups in total. The third-order valence-corrected chi connectivity index (χ3v) is 4.10. The van der Waals surface area contributed by atoms with E-state index >= 15 is 0 Å². The second-order valence-electron chi connectivity index (χ2n) is 5.15. The normalized spacial score (nSPS) is 10.2. The molecule has 0 bridgehead atoms. The fraction of sp³-hybridized carbons (Fsp3) is 0.0476. The van der Waals surface area contributed by atoms with Gasteiger partial charge in [-0.2, -0.15) is 0 Å². The van der Waals surface area contributed by atoms with Crippen molar-refractivity contribution in [1.29, 1.82) is 0 Å². The van der Waals surface area contributed by atoms with Crippen molar-refractivity contribution in [3.63, 3.8) is 0 Å². The molecule has 0 fully saturated rings. The molecular formula is C21H17ClO. The fourth-order valence-corrected chi connectivity index (χ4v) is 2.86. The van der Waals surface area contributed by atoms with E-state index in [2.05, 4.69) is 24.3 Å². The summed E-state index contributed by atoms with van der Waals surface area (Å²) in [5, 5.41) is 0.727. The lowest BCUT2D eigenvalue weighted by molar-refractivity contribution is 0.415. The lowest BCUT2D eigenvalue weighted by atomic mass is 9.95. The summed E-state index contributed by atoms with van der Waals surface area (Å²) >= 11 is 6.78. The van der Waals surface area contributed by atoms with Crippen molar-refractivity contribution in [3.8, 4) is 5.75 Å². The summed E-state index contributed by atoms with van der Waals surface area (Å²) in [4.78, 5) is 0. The lowest BCUT2D eigenvalue weighted by Gasteiger charge is -2.12. The van der Waals surface area contributed by atoms with Crippen molar-refractivity contribution >= 4 is 22.2 Å². The van der Waals surface area contributed by atoms with Crippen LogP contribution in [0.2, 0.25) is 0 Å². The van der Waals surface area contributed by atoms with E-state index in [0.29, 0.717) is 0 Å². The van der Waals surface area contributed by atoms with Crippen LogP contribution in [0.4, 0.5) is 0 Å². The van der Waals surface area contributed by atoms with Gasteiger partial charge in [-0.1, -0.05) is 72.3 Å². The van der Waals surface area contributed by atoms with Crippen molar-refractivity contribution in [2.45, 2.75) is 0 Å². The highest BCUT2D eigenvalue weighted by molar-refractivity contribution is 6.53. The summed E-state index contributed by atoms with van der Waals surface area (Å²) < 4.78 is 5.22. The molecule has 0 spiro atoms. The van der Waals surface area contributed by atoms with Gasteiger partial charge in [0.25, 0.3) is 0 Å². The third kappa shape index (κ3) is 3.46. The highest BCUT2D eigenvalue weighted by Crippen LogP contribution is 2.35. The van der Waals surface area contributed by atoms with Crippen molar-refractivity contribution in [1.82, 2.24) is 0 Å². The minimum Gasteiger partial charge on any atom is -0.497 e. The Morgan fingerprint density at radius 1 is 0.652 bits per heavy atom. The molecule has 3 aromatic carbocycles. The molecule has 0 aliphatic heterocycles. The van der Waals surface area contributed by atoms with Crippen LogP contribution in [-0.2, 0) is 0 Å². The molecule has 23 heavy (non-hydrogen) atoms. The van der Waals surface area contributed by atoms with Crippen molar-refractivity contribution in [2.24, 2.45) is 0 Å². The molecule has 0 atom stereocenters. The Kier molecular flexibility index (Phi) is 4.80. The first-order valence-corrected chi connectivity index (χ1v) is 7.82. The molecule has 0 heterocycles. The quantitative estimate of drug-likeness (QED) is 0.548. The van der Waals surface area contributed by atoms with Gasteiger partial charge in [-0.05, 0) is 41.0 Å². The third-order valence-electron chi connectivity index (χ3n) is 3.69. The standard InChI is InChI=1S/C21H17ClO/c1-23-19-14-12-18(13-15-19)21(22)20(16-8-4-2-5-9-16)17-10-6-3-7-11-17/h2-15H,1H3. The van der Waals surface area contributed by atoms with Crippen LogP contribution in [0.1, 0.15) is 16.7 Å². The first-order chi connectivity index (χ1) is 11.3. The number of hydrogen-bond donors (Lipinski definition) is 0. The number of rotatable bonds is 4. The molecule has 0 amide bonds. The van der Waals surface area contributed by atoms with Crippen LogP contribution in [0.25, 0.3) is 10.6 Å². The Morgan fingerprint density at radius 2 is 1.13 bits per heavy atom. The summed E-state index contributed by atoms with van der Waals surface area (Å²) in [5.74, 6) is 0.819. The highest BCUT2D eigenvalue weighted by Gasteiger charge is 2.12. The Morgan fingerprint density at radius 3 is 1.57 bits per heavy atom. The molecule has 0 radical (unpaired) electrons. The van der Waals surface area contributed by atoms with Crippen LogP contribution >= 0.6 is 11.6 Å². The smallest absolute Gasteiger partial charge is 0.118 e. The van der Waals surface area contributed by atoms with E-state index in [4.69, 9.17) is 16.3 Å². The number of methoxy groups -OCH3 is 1. The van der Waals surface area contributed by atoms with Crippen LogP contribution in [0.15, 0.2) is 84.9 Å². The maximum atomic E-state index is 6.78. The molecule has 0 aliphatic rings. The number of benzene rings is 3. The summed E-state index contributed by atoms with van der Waals surface area (Å²) in [5.41, 5.74) is 4.19. The van der Waals surface area contributed by atoms with Gasteiger partial charge in [0.2, 0.25) is 0 Å². The molecule has 0 unspecified atom stereocenters. The molecule has 1 nitrogen and oxygen atoms in total. The van der Waals surface area contributed by atoms with E-state index in [-0.39, 0.29) is 0 Å². The minimum atomic E-state index is 0.727. The summed E-state index contributed by atoms with van der Waals surface area (Å²) in [6.07, 6.45) is 0. The van der Waals surface area contributed by atoms with Gasteiger partial charge in [0.15, 0.2) is 0 Å². The summed E-state index contributed by atoms with van der Waals surface area (Å²) in [6.45, 7) is 0. The average Bonchev–Trinajstić information content (AvgIpc) is 2.64. The van der Waals surface area contributed by atoms with Crippen molar-refractivity contribution in [3.05, 3.63) is 102 Å². The van der Waals surface area contributed by atoms with Crippen molar-refractivity contribution < 1.29 is 4.74 Å². The number of halogens is 1. The van der Waals surface area contributed by atoms with Gasteiger partial charge in [-0.25, -0.2) is 0 Å². The zero-order chi connectivity index (χ0) is 16.1. The van der Waals surface area contributed by atoms with Gasteiger partial charge in [0.1, 0.15) is 5.75 Å². The zero-order valence-corrected chi connectivity index (χ0v) is 13.6. The van der Waals surface area contributed by atoms with E-state index in [9.17, 15) is 0 Å². The van der Waals surface area contributed by atoms with Gasteiger partial charge in [-0.15, -0.1) is 0 Å². The van der Waals surface area contributed by atoms with E-state index in [0.717, 1.165) is 33.0 Å². The van der Waals surface area contributed by atoms with Crippen LogP contribution in [0.3, 0.4) is 0 Å².